The molecule has 0 rings (SSSR count). The number of ether oxygens (including phenoxy) is 2. The summed E-state index contributed by atoms with van der Waals surface area (Å²) in [6.07, 6.45) is 6.16. The van der Waals surface area contributed by atoms with Crippen LogP contribution in [0.5, 0.6) is 0 Å². The first kappa shape index (κ1) is 13.3. The highest BCUT2D eigenvalue weighted by molar-refractivity contribution is 5.49. The van der Waals surface area contributed by atoms with Crippen LogP contribution < -0.4 is 0 Å². The second-order valence-electron chi connectivity index (χ2n) is 3.23. The summed E-state index contributed by atoms with van der Waals surface area (Å²) >= 11 is 0. The SMILES string of the molecule is COC(CC/C(C)=C\CCC=O)OC. The molecule has 82 valence electrons. The van der Waals surface area contributed by atoms with Gasteiger partial charge in [-0.25, -0.2) is 0 Å². The monoisotopic (exact) mass is 200 g/mol. The van der Waals surface area contributed by atoms with Gasteiger partial charge in [-0.15, -0.1) is 0 Å². The largest absolute Gasteiger partial charge is 0.356 e. The van der Waals surface area contributed by atoms with E-state index < -0.39 is 0 Å². The van der Waals surface area contributed by atoms with Crippen LogP contribution in [0.15, 0.2) is 11.6 Å². The summed E-state index contributed by atoms with van der Waals surface area (Å²) in [5.41, 5.74) is 1.28. The summed E-state index contributed by atoms with van der Waals surface area (Å²) in [6, 6.07) is 0. The van der Waals surface area contributed by atoms with E-state index in [1.807, 2.05) is 0 Å². The van der Waals surface area contributed by atoms with E-state index in [9.17, 15) is 4.79 Å². The van der Waals surface area contributed by atoms with Crippen LogP contribution in [0.1, 0.15) is 32.6 Å². The molecule has 0 saturated carbocycles. The fourth-order valence-electron chi connectivity index (χ4n) is 1.18. The van der Waals surface area contributed by atoms with E-state index in [0.717, 1.165) is 25.5 Å². The minimum atomic E-state index is -0.121. The number of unbranched alkanes of at least 4 members (excludes halogenated alkanes) is 1. The van der Waals surface area contributed by atoms with Crippen molar-refractivity contribution in [1.82, 2.24) is 0 Å². The van der Waals surface area contributed by atoms with Gasteiger partial charge in [0.25, 0.3) is 0 Å². The standard InChI is InChI=1S/C11H20O3/c1-10(6-4-5-9-12)7-8-11(13-2)14-3/h6,9,11H,4-5,7-8H2,1-3H3/b10-6-. The number of hydrogen-bond donors (Lipinski definition) is 0. The molecule has 0 N–H and O–H groups in total. The molecule has 0 amide bonds. The highest BCUT2D eigenvalue weighted by atomic mass is 16.7. The second kappa shape index (κ2) is 8.91. The van der Waals surface area contributed by atoms with Crippen molar-refractivity contribution in [2.45, 2.75) is 38.9 Å². The van der Waals surface area contributed by atoms with Crippen LogP contribution in [0.3, 0.4) is 0 Å². The van der Waals surface area contributed by atoms with Crippen molar-refractivity contribution in [2.24, 2.45) is 0 Å². The number of carbonyl (C=O) groups excluding carboxylic acids is 1. The molecule has 0 aliphatic heterocycles. The maximum atomic E-state index is 10.1. The summed E-state index contributed by atoms with van der Waals surface area (Å²) in [7, 11) is 3.28. The molecule has 0 heterocycles. The Balaban J connectivity index is 3.64. The number of carbonyl (C=O) groups is 1. The van der Waals surface area contributed by atoms with Crippen LogP contribution in [0.2, 0.25) is 0 Å². The molecule has 0 saturated heterocycles. The Bertz CT molecular complexity index is 171. The van der Waals surface area contributed by atoms with Gasteiger partial charge in [0.05, 0.1) is 0 Å². The fourth-order valence-corrected chi connectivity index (χ4v) is 1.18. The average molecular weight is 200 g/mol. The molecule has 0 aliphatic rings. The van der Waals surface area contributed by atoms with E-state index in [-0.39, 0.29) is 6.29 Å². The van der Waals surface area contributed by atoms with Crippen molar-refractivity contribution in [3.8, 4) is 0 Å². The lowest BCUT2D eigenvalue weighted by molar-refractivity contribution is -0.107. The molecule has 0 aliphatic carbocycles. The quantitative estimate of drug-likeness (QED) is 0.261. The van der Waals surface area contributed by atoms with Crippen LogP contribution >= 0.6 is 0 Å². The Morgan fingerprint density at radius 2 is 1.93 bits per heavy atom. The highest BCUT2D eigenvalue weighted by Crippen LogP contribution is 2.10. The lowest BCUT2D eigenvalue weighted by Crippen LogP contribution is -2.12. The van der Waals surface area contributed by atoms with Crippen molar-refractivity contribution in [3.05, 3.63) is 11.6 Å². The molecule has 0 aromatic carbocycles. The van der Waals surface area contributed by atoms with E-state index in [2.05, 4.69) is 13.0 Å². The van der Waals surface area contributed by atoms with Gasteiger partial charge in [-0.2, -0.15) is 0 Å². The van der Waals surface area contributed by atoms with Gasteiger partial charge in [0, 0.05) is 27.1 Å². The molecule has 3 heteroatoms. The molecule has 14 heavy (non-hydrogen) atoms. The lowest BCUT2D eigenvalue weighted by Gasteiger charge is -2.12. The highest BCUT2D eigenvalue weighted by Gasteiger charge is 2.04. The molecule has 0 fully saturated rings. The molecule has 0 bridgehead atoms. The third-order valence-corrected chi connectivity index (χ3v) is 2.08. The summed E-state index contributed by atoms with van der Waals surface area (Å²) in [5, 5.41) is 0. The first-order valence-electron chi connectivity index (χ1n) is 4.89. The minimum absolute atomic E-state index is 0.121. The zero-order chi connectivity index (χ0) is 10.8. The predicted octanol–water partition coefficient (Wildman–Crippen LogP) is 2.31. The molecule has 0 radical (unpaired) electrons. The first-order chi connectivity index (χ1) is 6.74. The Labute approximate surface area is 86.1 Å². The van der Waals surface area contributed by atoms with E-state index in [1.54, 1.807) is 14.2 Å². The second-order valence-corrected chi connectivity index (χ2v) is 3.23. The predicted molar refractivity (Wildman–Crippen MR) is 56.1 cm³/mol. The van der Waals surface area contributed by atoms with Gasteiger partial charge in [0.15, 0.2) is 6.29 Å². The van der Waals surface area contributed by atoms with Gasteiger partial charge < -0.3 is 14.3 Å². The van der Waals surface area contributed by atoms with Gasteiger partial charge in [-0.3, -0.25) is 0 Å². The van der Waals surface area contributed by atoms with Crippen molar-refractivity contribution in [1.29, 1.82) is 0 Å². The van der Waals surface area contributed by atoms with Gasteiger partial charge in [-0.05, 0) is 19.8 Å². The van der Waals surface area contributed by atoms with E-state index in [4.69, 9.17) is 9.47 Å². The number of allylic oxidation sites excluding steroid dienone is 2. The van der Waals surface area contributed by atoms with E-state index >= 15 is 0 Å². The zero-order valence-corrected chi connectivity index (χ0v) is 9.29. The van der Waals surface area contributed by atoms with Crippen LogP contribution in [-0.4, -0.2) is 26.8 Å². The smallest absolute Gasteiger partial charge is 0.157 e. The van der Waals surface area contributed by atoms with E-state index in [0.29, 0.717) is 6.42 Å². The number of aldehydes is 1. The summed E-state index contributed by atoms with van der Waals surface area (Å²) in [6.45, 7) is 2.06. The van der Waals surface area contributed by atoms with Crippen molar-refractivity contribution < 1.29 is 14.3 Å². The summed E-state index contributed by atoms with van der Waals surface area (Å²) in [4.78, 5) is 10.1. The van der Waals surface area contributed by atoms with Gasteiger partial charge >= 0.3 is 0 Å². The Hall–Kier alpha value is -0.670. The third-order valence-electron chi connectivity index (χ3n) is 2.08. The maximum absolute atomic E-state index is 10.1. The van der Waals surface area contributed by atoms with Crippen LogP contribution in [0.4, 0.5) is 0 Å². The van der Waals surface area contributed by atoms with Crippen molar-refractivity contribution in [3.63, 3.8) is 0 Å². The van der Waals surface area contributed by atoms with Gasteiger partial charge in [0.2, 0.25) is 0 Å². The van der Waals surface area contributed by atoms with Crippen molar-refractivity contribution in [2.75, 3.05) is 14.2 Å². The number of hydrogen-bond acceptors (Lipinski definition) is 3. The molecule has 0 atom stereocenters. The van der Waals surface area contributed by atoms with Gasteiger partial charge in [0.1, 0.15) is 6.29 Å². The van der Waals surface area contributed by atoms with E-state index in [1.165, 1.54) is 5.57 Å². The minimum Gasteiger partial charge on any atom is -0.356 e. The Morgan fingerprint density at radius 1 is 1.29 bits per heavy atom. The van der Waals surface area contributed by atoms with Crippen LogP contribution in [0, 0.1) is 0 Å². The van der Waals surface area contributed by atoms with Crippen molar-refractivity contribution >= 4 is 6.29 Å². The average Bonchev–Trinajstić information content (AvgIpc) is 2.20. The maximum Gasteiger partial charge on any atom is 0.157 e. The molecular formula is C11H20O3. The number of methoxy groups -OCH3 is 2. The zero-order valence-electron chi connectivity index (χ0n) is 9.29. The lowest BCUT2D eigenvalue weighted by atomic mass is 10.1. The third kappa shape index (κ3) is 6.80. The van der Waals surface area contributed by atoms with Gasteiger partial charge in [-0.1, -0.05) is 11.6 Å². The molecule has 0 unspecified atom stereocenters. The molecule has 0 aromatic rings. The molecule has 0 spiro atoms. The topological polar surface area (TPSA) is 35.5 Å². The molecule has 3 nitrogen and oxygen atoms in total. The Kier molecular flexibility index (Phi) is 8.48. The molecular weight excluding hydrogens is 180 g/mol. The first-order valence-corrected chi connectivity index (χ1v) is 4.89. The molecule has 0 aromatic heterocycles. The normalized spacial score (nSPS) is 12.1. The Morgan fingerprint density at radius 3 is 2.43 bits per heavy atom. The van der Waals surface area contributed by atoms with Crippen LogP contribution in [0.25, 0.3) is 0 Å². The summed E-state index contributed by atoms with van der Waals surface area (Å²) < 4.78 is 10.1. The fraction of sp³-hybridized carbons (Fsp3) is 0.727. The number of rotatable bonds is 8. The summed E-state index contributed by atoms with van der Waals surface area (Å²) in [5.74, 6) is 0. The van der Waals surface area contributed by atoms with Crippen LogP contribution in [-0.2, 0) is 14.3 Å².